The van der Waals surface area contributed by atoms with Crippen molar-refractivity contribution >= 4 is 15.9 Å². The molecule has 0 radical (unpaired) electrons. The lowest BCUT2D eigenvalue weighted by Crippen LogP contribution is -2.38. The van der Waals surface area contributed by atoms with Crippen LogP contribution in [0.15, 0.2) is 47.4 Å². The number of primary amides is 1. The predicted molar refractivity (Wildman–Crippen MR) is 89.4 cm³/mol. The minimum absolute atomic E-state index is 0.185. The number of carbonyl (C=O) groups excluding carboxylic acids is 1. The maximum absolute atomic E-state index is 12.8. The van der Waals surface area contributed by atoms with E-state index in [0.717, 1.165) is 5.56 Å². The average molecular weight is 332 g/mol. The second-order valence-corrected chi connectivity index (χ2v) is 7.25. The average Bonchev–Trinajstić information content (AvgIpc) is 2.44. The van der Waals surface area contributed by atoms with Gasteiger partial charge in [-0.05, 0) is 37.5 Å². The summed E-state index contributed by atoms with van der Waals surface area (Å²) in [4.78, 5) is 11.9. The number of amides is 1. The molecule has 1 atom stereocenters. The van der Waals surface area contributed by atoms with Gasteiger partial charge in [-0.2, -0.15) is 4.72 Å². The van der Waals surface area contributed by atoms with E-state index in [-0.39, 0.29) is 4.90 Å². The first kappa shape index (κ1) is 17.2. The lowest BCUT2D eigenvalue weighted by Gasteiger charge is -2.18. The summed E-state index contributed by atoms with van der Waals surface area (Å²) in [5.74, 6) is -0.748. The van der Waals surface area contributed by atoms with Gasteiger partial charge in [0.05, 0.1) is 4.90 Å². The number of rotatable bonds is 5. The normalized spacial score (nSPS) is 12.8. The van der Waals surface area contributed by atoms with Gasteiger partial charge in [0.15, 0.2) is 0 Å². The Kier molecular flexibility index (Phi) is 4.87. The Morgan fingerprint density at radius 3 is 2.04 bits per heavy atom. The van der Waals surface area contributed by atoms with E-state index < -0.39 is 22.0 Å². The van der Waals surface area contributed by atoms with E-state index in [2.05, 4.69) is 4.72 Å². The van der Waals surface area contributed by atoms with Crippen LogP contribution >= 0.6 is 0 Å². The molecule has 5 nitrogen and oxygen atoms in total. The van der Waals surface area contributed by atoms with Crippen molar-refractivity contribution in [3.63, 3.8) is 0 Å². The topological polar surface area (TPSA) is 89.3 Å². The molecule has 0 saturated heterocycles. The summed E-state index contributed by atoms with van der Waals surface area (Å²) < 4.78 is 27.9. The summed E-state index contributed by atoms with van der Waals surface area (Å²) in [6.45, 7) is 5.37. The molecule has 1 amide bonds. The Bertz CT molecular complexity index is 807. The second-order valence-electron chi connectivity index (χ2n) is 5.60. The molecule has 0 heterocycles. The van der Waals surface area contributed by atoms with Crippen LogP contribution in [-0.4, -0.2) is 14.3 Å². The largest absolute Gasteiger partial charge is 0.368 e. The van der Waals surface area contributed by atoms with E-state index in [9.17, 15) is 13.2 Å². The first-order valence-corrected chi connectivity index (χ1v) is 8.65. The molecule has 0 bridgehead atoms. The minimum atomic E-state index is -3.88. The Morgan fingerprint density at radius 1 is 1.04 bits per heavy atom. The molecule has 2 aromatic rings. The van der Waals surface area contributed by atoms with Crippen molar-refractivity contribution in [2.45, 2.75) is 31.7 Å². The van der Waals surface area contributed by atoms with Crippen LogP contribution < -0.4 is 10.5 Å². The first-order chi connectivity index (χ1) is 10.7. The number of carbonyl (C=O) groups is 1. The highest BCUT2D eigenvalue weighted by atomic mass is 32.2. The summed E-state index contributed by atoms with van der Waals surface area (Å²) in [6.07, 6.45) is 0. The molecule has 0 fully saturated rings. The van der Waals surface area contributed by atoms with Gasteiger partial charge < -0.3 is 5.73 Å². The van der Waals surface area contributed by atoms with Crippen molar-refractivity contribution in [2.75, 3.05) is 0 Å². The fourth-order valence-electron chi connectivity index (χ4n) is 2.74. The van der Waals surface area contributed by atoms with Gasteiger partial charge in [-0.15, -0.1) is 0 Å². The molecule has 0 aliphatic carbocycles. The number of hydrogen-bond acceptors (Lipinski definition) is 3. The summed E-state index contributed by atoms with van der Waals surface area (Å²) >= 11 is 0. The molecule has 23 heavy (non-hydrogen) atoms. The minimum Gasteiger partial charge on any atom is -0.368 e. The van der Waals surface area contributed by atoms with Crippen LogP contribution in [0.5, 0.6) is 0 Å². The van der Waals surface area contributed by atoms with Gasteiger partial charge in [0.25, 0.3) is 0 Å². The van der Waals surface area contributed by atoms with Gasteiger partial charge in [0, 0.05) is 0 Å². The molecular formula is C17H20N2O3S. The molecule has 3 N–H and O–H groups in total. The lowest BCUT2D eigenvalue weighted by atomic mass is 10.1. The number of nitrogens with one attached hydrogen (secondary N) is 1. The highest BCUT2D eigenvalue weighted by Crippen LogP contribution is 2.24. The van der Waals surface area contributed by atoms with Crippen LogP contribution in [0.1, 0.15) is 28.3 Å². The quantitative estimate of drug-likeness (QED) is 0.879. The summed E-state index contributed by atoms with van der Waals surface area (Å²) in [6, 6.07) is 11.0. The zero-order valence-electron chi connectivity index (χ0n) is 13.3. The van der Waals surface area contributed by atoms with E-state index in [1.807, 2.05) is 6.92 Å². The smallest absolute Gasteiger partial charge is 0.242 e. The fraction of sp³-hybridized carbons (Fsp3) is 0.235. The van der Waals surface area contributed by atoms with Crippen molar-refractivity contribution in [1.29, 1.82) is 0 Å². The Hall–Kier alpha value is -2.18. The molecule has 0 aliphatic rings. The van der Waals surface area contributed by atoms with E-state index in [0.29, 0.717) is 16.7 Å². The standard InChI is InChI=1S/C17H20N2O3S/c1-11-9-12(2)16(13(3)10-11)23(21,22)19-15(17(18)20)14-7-5-4-6-8-14/h4-10,15,19H,1-3H3,(H2,18,20). The van der Waals surface area contributed by atoms with Gasteiger partial charge in [-0.1, -0.05) is 48.0 Å². The Balaban J connectivity index is 2.46. The fourth-order valence-corrected chi connectivity index (χ4v) is 4.39. The molecule has 0 aromatic heterocycles. The van der Waals surface area contributed by atoms with Crippen LogP contribution in [0.2, 0.25) is 0 Å². The van der Waals surface area contributed by atoms with Crippen LogP contribution in [-0.2, 0) is 14.8 Å². The van der Waals surface area contributed by atoms with Crippen LogP contribution in [0, 0.1) is 20.8 Å². The van der Waals surface area contributed by atoms with Crippen molar-refractivity contribution in [3.8, 4) is 0 Å². The van der Waals surface area contributed by atoms with Crippen molar-refractivity contribution in [3.05, 3.63) is 64.7 Å². The summed E-state index contributed by atoms with van der Waals surface area (Å²) in [5.41, 5.74) is 8.14. The van der Waals surface area contributed by atoms with Crippen molar-refractivity contribution in [1.82, 2.24) is 4.72 Å². The van der Waals surface area contributed by atoms with Crippen molar-refractivity contribution in [2.24, 2.45) is 5.73 Å². The lowest BCUT2D eigenvalue weighted by molar-refractivity contribution is -0.119. The van der Waals surface area contributed by atoms with Gasteiger partial charge in [0.1, 0.15) is 6.04 Å². The Morgan fingerprint density at radius 2 is 1.57 bits per heavy atom. The summed E-state index contributed by atoms with van der Waals surface area (Å²) in [5, 5.41) is 0. The Labute approximate surface area is 136 Å². The molecule has 6 heteroatoms. The van der Waals surface area contributed by atoms with Gasteiger partial charge in [-0.3, -0.25) is 4.79 Å². The molecular weight excluding hydrogens is 312 g/mol. The molecule has 122 valence electrons. The molecule has 0 aliphatic heterocycles. The second kappa shape index (κ2) is 6.52. The number of benzene rings is 2. The summed E-state index contributed by atoms with van der Waals surface area (Å²) in [7, 11) is -3.88. The number of sulfonamides is 1. The molecule has 1 unspecified atom stereocenters. The zero-order chi connectivity index (χ0) is 17.2. The maximum Gasteiger partial charge on any atom is 0.242 e. The molecule has 2 rings (SSSR count). The maximum atomic E-state index is 12.8. The van der Waals surface area contributed by atoms with Gasteiger partial charge in [0.2, 0.25) is 15.9 Å². The van der Waals surface area contributed by atoms with Crippen LogP contribution in [0.3, 0.4) is 0 Å². The van der Waals surface area contributed by atoms with Gasteiger partial charge in [-0.25, -0.2) is 8.42 Å². The number of hydrogen-bond donors (Lipinski definition) is 2. The molecule has 0 spiro atoms. The van der Waals surface area contributed by atoms with E-state index in [1.54, 1.807) is 56.3 Å². The zero-order valence-corrected chi connectivity index (χ0v) is 14.1. The van der Waals surface area contributed by atoms with Crippen LogP contribution in [0.4, 0.5) is 0 Å². The number of aryl methyl sites for hydroxylation is 3. The van der Waals surface area contributed by atoms with Crippen molar-refractivity contribution < 1.29 is 13.2 Å². The van der Waals surface area contributed by atoms with E-state index >= 15 is 0 Å². The predicted octanol–water partition coefficient (Wildman–Crippen LogP) is 2.12. The highest BCUT2D eigenvalue weighted by molar-refractivity contribution is 7.89. The first-order valence-electron chi connectivity index (χ1n) is 7.17. The van der Waals surface area contributed by atoms with Crippen LogP contribution in [0.25, 0.3) is 0 Å². The third-order valence-electron chi connectivity index (χ3n) is 3.56. The third-order valence-corrected chi connectivity index (χ3v) is 5.29. The third kappa shape index (κ3) is 3.78. The monoisotopic (exact) mass is 332 g/mol. The van der Waals surface area contributed by atoms with Gasteiger partial charge >= 0.3 is 0 Å². The SMILES string of the molecule is Cc1cc(C)c(S(=O)(=O)NC(C(N)=O)c2ccccc2)c(C)c1. The highest BCUT2D eigenvalue weighted by Gasteiger charge is 2.27. The van der Waals surface area contributed by atoms with E-state index in [4.69, 9.17) is 5.73 Å². The number of nitrogens with two attached hydrogens (primary N) is 1. The molecule has 2 aromatic carbocycles. The van der Waals surface area contributed by atoms with E-state index in [1.165, 1.54) is 0 Å². The molecule has 0 saturated carbocycles.